The summed E-state index contributed by atoms with van der Waals surface area (Å²) in [6, 6.07) is 8.43. The van der Waals surface area contributed by atoms with Crippen LogP contribution in [0.3, 0.4) is 0 Å². The van der Waals surface area contributed by atoms with Gasteiger partial charge in [-0.1, -0.05) is 53.0 Å². The number of carbonyl (C=O) groups excluding carboxylic acids is 2. The van der Waals surface area contributed by atoms with Gasteiger partial charge in [-0.3, -0.25) is 19.5 Å². The highest BCUT2D eigenvalue weighted by atomic mass is 35.5. The number of rotatable bonds is 5. The molecule has 0 saturated carbocycles. The van der Waals surface area contributed by atoms with Crippen LogP contribution in [0.25, 0.3) is 5.69 Å². The third-order valence-corrected chi connectivity index (χ3v) is 5.15. The lowest BCUT2D eigenvalue weighted by Gasteiger charge is -2.10. The van der Waals surface area contributed by atoms with Crippen molar-refractivity contribution in [3.63, 3.8) is 0 Å². The Morgan fingerprint density at radius 2 is 1.61 bits per heavy atom. The molecule has 0 aliphatic carbocycles. The van der Waals surface area contributed by atoms with Crippen LogP contribution >= 0.6 is 46.4 Å². The minimum absolute atomic E-state index is 0.0736. The van der Waals surface area contributed by atoms with Crippen LogP contribution in [0, 0.1) is 0 Å². The number of hydrogen-bond acceptors (Lipinski definition) is 3. The molecule has 0 fully saturated rings. The molecule has 0 bridgehead atoms. The topological polar surface area (TPSA) is 96.0 Å². The van der Waals surface area contributed by atoms with Crippen molar-refractivity contribution in [3.8, 4) is 5.69 Å². The van der Waals surface area contributed by atoms with Gasteiger partial charge in [0, 0.05) is 22.3 Å². The summed E-state index contributed by atoms with van der Waals surface area (Å²) in [5.41, 5.74) is 0.404. The SMILES string of the molecule is C=C(C)C(=O)Nc1ccc(Cl)c(C(=O)Nc2cc(=O)n(-c3c(Cl)cc(Cl)cc3Cl)[nH]2)c1. The van der Waals surface area contributed by atoms with Crippen molar-refractivity contribution in [2.45, 2.75) is 6.92 Å². The summed E-state index contributed by atoms with van der Waals surface area (Å²) < 4.78 is 1.07. The van der Waals surface area contributed by atoms with Gasteiger partial charge in [-0.15, -0.1) is 0 Å². The number of nitrogens with zero attached hydrogens (tertiary/aromatic N) is 1. The van der Waals surface area contributed by atoms with Gasteiger partial charge in [0.05, 0.1) is 20.6 Å². The maximum absolute atomic E-state index is 12.7. The molecule has 0 radical (unpaired) electrons. The Labute approximate surface area is 196 Å². The first-order valence-corrected chi connectivity index (χ1v) is 10.1. The molecule has 0 unspecified atom stereocenters. The lowest BCUT2D eigenvalue weighted by atomic mass is 10.1. The molecule has 11 heteroatoms. The van der Waals surface area contributed by atoms with E-state index in [4.69, 9.17) is 46.4 Å². The van der Waals surface area contributed by atoms with Crippen molar-refractivity contribution in [2.24, 2.45) is 0 Å². The number of carbonyl (C=O) groups is 2. The highest BCUT2D eigenvalue weighted by Crippen LogP contribution is 2.31. The number of aromatic nitrogens is 2. The smallest absolute Gasteiger partial charge is 0.273 e. The molecule has 0 spiro atoms. The predicted molar refractivity (Wildman–Crippen MR) is 124 cm³/mol. The zero-order chi connectivity index (χ0) is 22.9. The van der Waals surface area contributed by atoms with Crippen LogP contribution in [0.15, 0.2) is 53.3 Å². The van der Waals surface area contributed by atoms with E-state index < -0.39 is 17.4 Å². The molecule has 2 amide bonds. The first-order valence-electron chi connectivity index (χ1n) is 8.61. The average molecular weight is 500 g/mol. The van der Waals surface area contributed by atoms with Gasteiger partial charge >= 0.3 is 0 Å². The summed E-state index contributed by atoms with van der Waals surface area (Å²) in [4.78, 5) is 36.9. The third kappa shape index (κ3) is 5.14. The Hall–Kier alpha value is -2.71. The van der Waals surface area contributed by atoms with Crippen LogP contribution in [-0.4, -0.2) is 21.6 Å². The van der Waals surface area contributed by atoms with Gasteiger partial charge in [-0.2, -0.15) is 0 Å². The maximum Gasteiger partial charge on any atom is 0.273 e. The molecule has 0 saturated heterocycles. The van der Waals surface area contributed by atoms with Crippen molar-refractivity contribution in [3.05, 3.63) is 84.6 Å². The van der Waals surface area contributed by atoms with E-state index in [1.165, 1.54) is 24.3 Å². The second-order valence-corrected chi connectivity index (χ2v) is 8.10. The minimum atomic E-state index is -0.613. The van der Waals surface area contributed by atoms with Crippen molar-refractivity contribution >= 4 is 69.7 Å². The van der Waals surface area contributed by atoms with E-state index in [0.29, 0.717) is 16.3 Å². The Morgan fingerprint density at radius 1 is 0.968 bits per heavy atom. The summed E-state index contributed by atoms with van der Waals surface area (Å²) in [5, 5.41) is 8.60. The number of benzene rings is 2. The Morgan fingerprint density at radius 3 is 2.23 bits per heavy atom. The molecule has 0 aliphatic heterocycles. The first kappa shape index (κ1) is 23.0. The first-order chi connectivity index (χ1) is 14.6. The largest absolute Gasteiger partial charge is 0.322 e. The van der Waals surface area contributed by atoms with Crippen LogP contribution in [0.2, 0.25) is 20.1 Å². The fourth-order valence-corrected chi connectivity index (χ4v) is 3.77. The van der Waals surface area contributed by atoms with Crippen LogP contribution in [0.4, 0.5) is 11.5 Å². The zero-order valence-electron chi connectivity index (χ0n) is 15.9. The normalized spacial score (nSPS) is 10.6. The Bertz CT molecular complexity index is 1260. The van der Waals surface area contributed by atoms with Crippen LogP contribution in [-0.2, 0) is 4.79 Å². The summed E-state index contributed by atoms with van der Waals surface area (Å²) in [5.74, 6) is -0.936. The molecule has 1 aromatic heterocycles. The van der Waals surface area contributed by atoms with Crippen LogP contribution < -0.4 is 16.2 Å². The fourth-order valence-electron chi connectivity index (χ4n) is 2.58. The summed E-state index contributed by atoms with van der Waals surface area (Å²) in [6.07, 6.45) is 0. The molecule has 0 atom stereocenters. The molecule has 1 heterocycles. The second-order valence-electron chi connectivity index (χ2n) is 6.44. The fraction of sp³-hybridized carbons (Fsp3) is 0.0500. The molecule has 2 aromatic carbocycles. The van der Waals surface area contributed by atoms with Crippen molar-refractivity contribution in [1.82, 2.24) is 9.78 Å². The van der Waals surface area contributed by atoms with Gasteiger partial charge in [0.2, 0.25) is 0 Å². The van der Waals surface area contributed by atoms with Crippen LogP contribution in [0.1, 0.15) is 17.3 Å². The quantitative estimate of drug-likeness (QED) is 0.401. The van der Waals surface area contributed by atoms with E-state index in [0.717, 1.165) is 10.7 Å². The maximum atomic E-state index is 12.7. The number of amides is 2. The molecular formula is C20H14Cl4N4O3. The van der Waals surface area contributed by atoms with Gasteiger partial charge in [0.15, 0.2) is 0 Å². The lowest BCUT2D eigenvalue weighted by molar-refractivity contribution is -0.112. The van der Waals surface area contributed by atoms with Gasteiger partial charge < -0.3 is 10.6 Å². The molecule has 31 heavy (non-hydrogen) atoms. The van der Waals surface area contributed by atoms with E-state index in [9.17, 15) is 14.4 Å². The second kappa shape index (κ2) is 9.20. The van der Waals surface area contributed by atoms with E-state index in [-0.39, 0.29) is 32.1 Å². The summed E-state index contributed by atoms with van der Waals surface area (Å²) >= 11 is 24.4. The van der Waals surface area contributed by atoms with Gasteiger partial charge in [-0.25, -0.2) is 4.68 Å². The van der Waals surface area contributed by atoms with Gasteiger partial charge in [0.1, 0.15) is 11.5 Å². The van der Waals surface area contributed by atoms with Gasteiger partial charge in [0.25, 0.3) is 17.4 Å². The number of hydrogen-bond donors (Lipinski definition) is 3. The molecule has 7 nitrogen and oxygen atoms in total. The minimum Gasteiger partial charge on any atom is -0.322 e. The zero-order valence-corrected chi connectivity index (χ0v) is 18.9. The number of anilines is 2. The number of H-pyrrole nitrogens is 1. The molecule has 3 N–H and O–H groups in total. The number of aromatic amines is 1. The predicted octanol–water partition coefficient (Wildman–Crippen LogP) is 5.55. The monoisotopic (exact) mass is 498 g/mol. The van der Waals surface area contributed by atoms with Crippen molar-refractivity contribution in [2.75, 3.05) is 10.6 Å². The molecule has 3 rings (SSSR count). The van der Waals surface area contributed by atoms with Crippen molar-refractivity contribution in [1.29, 1.82) is 0 Å². The lowest BCUT2D eigenvalue weighted by Crippen LogP contribution is -2.16. The third-order valence-electron chi connectivity index (χ3n) is 4.03. The standard InChI is InChI=1S/C20H14Cl4N4O3/c1-9(2)19(30)25-11-3-4-13(22)12(7-11)20(31)26-16-8-17(29)28(27-16)18-14(23)5-10(21)6-15(18)24/h3-8,27H,1H2,2H3,(H,25,30)(H,26,31). The molecule has 160 valence electrons. The van der Waals surface area contributed by atoms with E-state index in [2.05, 4.69) is 22.3 Å². The molecular weight excluding hydrogens is 486 g/mol. The Kier molecular flexibility index (Phi) is 6.81. The summed E-state index contributed by atoms with van der Waals surface area (Å²) in [6.45, 7) is 5.11. The highest BCUT2D eigenvalue weighted by molar-refractivity contribution is 6.40. The van der Waals surface area contributed by atoms with Gasteiger partial charge in [-0.05, 0) is 37.3 Å². The molecule has 3 aromatic rings. The van der Waals surface area contributed by atoms with E-state index in [1.807, 2.05) is 0 Å². The average Bonchev–Trinajstić information content (AvgIpc) is 3.02. The van der Waals surface area contributed by atoms with Crippen LogP contribution in [0.5, 0.6) is 0 Å². The summed E-state index contributed by atoms with van der Waals surface area (Å²) in [7, 11) is 0. The number of nitrogens with one attached hydrogen (secondary N) is 3. The molecule has 0 aliphatic rings. The van der Waals surface area contributed by atoms with E-state index >= 15 is 0 Å². The Balaban J connectivity index is 1.89. The van der Waals surface area contributed by atoms with Crippen molar-refractivity contribution < 1.29 is 9.59 Å². The highest BCUT2D eigenvalue weighted by Gasteiger charge is 2.17. The number of halogens is 4. The van der Waals surface area contributed by atoms with E-state index in [1.54, 1.807) is 13.0 Å².